The Morgan fingerprint density at radius 1 is 1.30 bits per heavy atom. The predicted molar refractivity (Wildman–Crippen MR) is 85.7 cm³/mol. The first-order chi connectivity index (χ1) is 11.3. The Kier molecular flexibility index (Phi) is 4.18. The topological polar surface area (TPSA) is 40.2 Å². The molecular formula is C18H25NO4. The number of hydrogen-bond donors (Lipinski definition) is 0. The zero-order chi connectivity index (χ0) is 15.7. The highest BCUT2D eigenvalue weighted by Gasteiger charge is 2.45. The summed E-state index contributed by atoms with van der Waals surface area (Å²) >= 11 is 0. The molecule has 0 N–H and O–H groups in total. The summed E-state index contributed by atoms with van der Waals surface area (Å²) in [6.45, 7) is 5.07. The van der Waals surface area contributed by atoms with Crippen molar-refractivity contribution in [1.82, 2.24) is 4.90 Å². The van der Waals surface area contributed by atoms with Gasteiger partial charge >= 0.3 is 0 Å². The lowest BCUT2D eigenvalue weighted by molar-refractivity contribution is -0.149. The lowest BCUT2D eigenvalue weighted by atomic mass is 9.73. The van der Waals surface area contributed by atoms with Crippen LogP contribution in [-0.2, 0) is 16.0 Å². The molecule has 3 aliphatic heterocycles. The van der Waals surface area contributed by atoms with Gasteiger partial charge in [0.2, 0.25) is 6.79 Å². The van der Waals surface area contributed by atoms with E-state index in [9.17, 15) is 0 Å². The van der Waals surface area contributed by atoms with E-state index >= 15 is 0 Å². The Morgan fingerprint density at radius 2 is 2.22 bits per heavy atom. The summed E-state index contributed by atoms with van der Waals surface area (Å²) < 4.78 is 22.5. The van der Waals surface area contributed by atoms with Crippen LogP contribution in [0.4, 0.5) is 0 Å². The van der Waals surface area contributed by atoms with Gasteiger partial charge in [0, 0.05) is 38.8 Å². The van der Waals surface area contributed by atoms with E-state index in [1.54, 1.807) is 7.11 Å². The zero-order valence-electron chi connectivity index (χ0n) is 13.8. The first kappa shape index (κ1) is 15.2. The largest absolute Gasteiger partial charge is 0.454 e. The number of hydrogen-bond acceptors (Lipinski definition) is 5. The highest BCUT2D eigenvalue weighted by Crippen LogP contribution is 2.41. The van der Waals surface area contributed by atoms with Crippen LogP contribution in [0.1, 0.15) is 24.8 Å². The molecule has 3 aliphatic rings. The van der Waals surface area contributed by atoms with Crippen LogP contribution in [0, 0.1) is 5.41 Å². The minimum absolute atomic E-state index is 0.154. The minimum Gasteiger partial charge on any atom is -0.454 e. The lowest BCUT2D eigenvalue weighted by Gasteiger charge is -2.50. The highest BCUT2D eigenvalue weighted by molar-refractivity contribution is 5.44. The van der Waals surface area contributed by atoms with Crippen molar-refractivity contribution in [2.24, 2.45) is 5.41 Å². The Morgan fingerprint density at radius 3 is 3.13 bits per heavy atom. The van der Waals surface area contributed by atoms with Gasteiger partial charge in [-0.25, -0.2) is 0 Å². The van der Waals surface area contributed by atoms with E-state index in [1.807, 2.05) is 6.07 Å². The molecule has 126 valence electrons. The number of methoxy groups -OCH3 is 1. The van der Waals surface area contributed by atoms with Gasteiger partial charge in [-0.1, -0.05) is 6.07 Å². The van der Waals surface area contributed by atoms with Crippen molar-refractivity contribution in [3.05, 3.63) is 23.8 Å². The van der Waals surface area contributed by atoms with Crippen LogP contribution in [0.25, 0.3) is 0 Å². The molecule has 0 amide bonds. The molecule has 1 aromatic carbocycles. The van der Waals surface area contributed by atoms with Crippen LogP contribution >= 0.6 is 0 Å². The van der Waals surface area contributed by atoms with Crippen LogP contribution in [0.3, 0.4) is 0 Å². The zero-order valence-corrected chi connectivity index (χ0v) is 13.8. The summed E-state index contributed by atoms with van der Waals surface area (Å²) in [6.07, 6.45) is 3.78. The van der Waals surface area contributed by atoms with Gasteiger partial charge in [0.25, 0.3) is 0 Å². The van der Waals surface area contributed by atoms with Gasteiger partial charge in [0.15, 0.2) is 11.5 Å². The van der Waals surface area contributed by atoms with Crippen LogP contribution in [0.5, 0.6) is 11.5 Å². The maximum atomic E-state index is 6.05. The van der Waals surface area contributed by atoms with E-state index in [1.165, 1.54) is 12.0 Å². The number of fused-ring (bicyclic) bond motifs is 2. The second kappa shape index (κ2) is 6.30. The van der Waals surface area contributed by atoms with Crippen molar-refractivity contribution in [1.29, 1.82) is 0 Å². The average Bonchev–Trinajstić information content (AvgIpc) is 3.02. The molecule has 0 spiro atoms. The highest BCUT2D eigenvalue weighted by atomic mass is 16.7. The third-order valence-corrected chi connectivity index (χ3v) is 5.34. The SMILES string of the molecule is COCC12CCCOC1CCN(Cc1ccc3c(c1)OCO3)C2. The summed E-state index contributed by atoms with van der Waals surface area (Å²) in [5.41, 5.74) is 1.43. The Hall–Kier alpha value is -1.30. The van der Waals surface area contributed by atoms with Crippen molar-refractivity contribution in [3.63, 3.8) is 0 Å². The first-order valence-electron chi connectivity index (χ1n) is 8.50. The smallest absolute Gasteiger partial charge is 0.231 e. The van der Waals surface area contributed by atoms with E-state index < -0.39 is 0 Å². The van der Waals surface area contributed by atoms with Gasteiger partial charge in [-0.2, -0.15) is 0 Å². The van der Waals surface area contributed by atoms with Gasteiger partial charge in [0.1, 0.15) is 0 Å². The Bertz CT molecular complexity index is 560. The quantitative estimate of drug-likeness (QED) is 0.852. The first-order valence-corrected chi connectivity index (χ1v) is 8.50. The second-order valence-electron chi connectivity index (χ2n) is 6.95. The van der Waals surface area contributed by atoms with Crippen molar-refractivity contribution in [2.45, 2.75) is 31.9 Å². The molecule has 0 radical (unpaired) electrons. The number of ether oxygens (including phenoxy) is 4. The molecule has 2 unspecified atom stereocenters. The number of benzene rings is 1. The molecule has 0 saturated carbocycles. The van der Waals surface area contributed by atoms with Gasteiger partial charge < -0.3 is 18.9 Å². The van der Waals surface area contributed by atoms with Crippen molar-refractivity contribution in [2.75, 3.05) is 40.2 Å². The minimum atomic E-state index is 0.154. The van der Waals surface area contributed by atoms with Crippen LogP contribution < -0.4 is 9.47 Å². The van der Waals surface area contributed by atoms with Gasteiger partial charge in [-0.3, -0.25) is 4.90 Å². The predicted octanol–water partition coefficient (Wildman–Crippen LogP) is 2.43. The molecule has 23 heavy (non-hydrogen) atoms. The summed E-state index contributed by atoms with van der Waals surface area (Å²) in [5.74, 6) is 1.72. The summed E-state index contributed by atoms with van der Waals surface area (Å²) in [5, 5.41) is 0. The fourth-order valence-corrected chi connectivity index (χ4v) is 4.31. The van der Waals surface area contributed by atoms with Crippen molar-refractivity contribution < 1.29 is 18.9 Å². The van der Waals surface area contributed by atoms with E-state index in [4.69, 9.17) is 18.9 Å². The Balaban J connectivity index is 1.47. The molecule has 5 nitrogen and oxygen atoms in total. The number of likely N-dealkylation sites (tertiary alicyclic amines) is 1. The van der Waals surface area contributed by atoms with Gasteiger partial charge in [-0.05, 0) is 37.0 Å². The number of piperidine rings is 1. The maximum Gasteiger partial charge on any atom is 0.231 e. The normalized spacial score (nSPS) is 30.2. The summed E-state index contributed by atoms with van der Waals surface area (Å²) in [6, 6.07) is 6.26. The van der Waals surface area contributed by atoms with Crippen molar-refractivity contribution in [3.8, 4) is 11.5 Å². The third kappa shape index (κ3) is 2.93. The molecule has 0 bridgehead atoms. The van der Waals surface area contributed by atoms with Gasteiger partial charge in [0.05, 0.1) is 12.7 Å². The molecule has 2 fully saturated rings. The molecule has 2 atom stereocenters. The molecule has 4 rings (SSSR count). The molecule has 2 saturated heterocycles. The van der Waals surface area contributed by atoms with Crippen LogP contribution in [0.2, 0.25) is 0 Å². The molecule has 0 aliphatic carbocycles. The van der Waals surface area contributed by atoms with E-state index in [0.29, 0.717) is 12.9 Å². The fraction of sp³-hybridized carbons (Fsp3) is 0.667. The van der Waals surface area contributed by atoms with E-state index in [-0.39, 0.29) is 5.41 Å². The van der Waals surface area contributed by atoms with Crippen LogP contribution in [0.15, 0.2) is 18.2 Å². The Labute approximate surface area is 137 Å². The van der Waals surface area contributed by atoms with E-state index in [2.05, 4.69) is 17.0 Å². The molecular weight excluding hydrogens is 294 g/mol. The molecule has 3 heterocycles. The monoisotopic (exact) mass is 319 g/mol. The maximum absolute atomic E-state index is 6.05. The van der Waals surface area contributed by atoms with E-state index in [0.717, 1.165) is 57.2 Å². The van der Waals surface area contributed by atoms with Gasteiger partial charge in [-0.15, -0.1) is 0 Å². The molecule has 1 aromatic rings. The third-order valence-electron chi connectivity index (χ3n) is 5.34. The van der Waals surface area contributed by atoms with Crippen LogP contribution in [-0.4, -0.2) is 51.2 Å². The average molecular weight is 319 g/mol. The molecule has 0 aromatic heterocycles. The van der Waals surface area contributed by atoms with Crippen molar-refractivity contribution >= 4 is 0 Å². The number of rotatable bonds is 4. The lowest BCUT2D eigenvalue weighted by Crippen LogP contribution is -2.56. The molecule has 5 heteroatoms. The standard InChI is InChI=1S/C18H25NO4/c1-20-12-18-6-2-8-21-17(18)5-7-19(11-18)10-14-3-4-15-16(9-14)23-13-22-15/h3-4,9,17H,2,5-8,10-13H2,1H3. The summed E-state index contributed by atoms with van der Waals surface area (Å²) in [7, 11) is 1.80. The second-order valence-corrected chi connectivity index (χ2v) is 6.95. The number of nitrogens with zero attached hydrogens (tertiary/aromatic N) is 1. The summed E-state index contributed by atoms with van der Waals surface area (Å²) in [4.78, 5) is 2.53. The fourth-order valence-electron chi connectivity index (χ4n) is 4.31.